The lowest BCUT2D eigenvalue weighted by Gasteiger charge is -2.44. The summed E-state index contributed by atoms with van der Waals surface area (Å²) in [5.74, 6) is 0. The molecule has 0 aromatic heterocycles. The van der Waals surface area contributed by atoms with Crippen molar-refractivity contribution in [2.75, 3.05) is 23.8 Å². The van der Waals surface area contributed by atoms with Gasteiger partial charge in [-0.05, 0) is 25.0 Å². The van der Waals surface area contributed by atoms with Crippen molar-refractivity contribution in [2.24, 2.45) is 0 Å². The summed E-state index contributed by atoms with van der Waals surface area (Å²) in [5, 5.41) is 11.3. The van der Waals surface area contributed by atoms with Crippen LogP contribution in [0.15, 0.2) is 18.2 Å². The van der Waals surface area contributed by atoms with Gasteiger partial charge in [-0.25, -0.2) is 0 Å². The number of hydrogen-bond donors (Lipinski definition) is 1. The lowest BCUT2D eigenvalue weighted by molar-refractivity contribution is -0.383. The maximum absolute atomic E-state index is 11.3. The summed E-state index contributed by atoms with van der Waals surface area (Å²) < 4.78 is 5.82. The predicted molar refractivity (Wildman–Crippen MR) is 76.9 cm³/mol. The van der Waals surface area contributed by atoms with Gasteiger partial charge in [0, 0.05) is 6.54 Å². The lowest BCUT2D eigenvalue weighted by Crippen LogP contribution is -2.53. The first-order valence-electron chi connectivity index (χ1n) is 7.09. The van der Waals surface area contributed by atoms with Crippen molar-refractivity contribution in [3.05, 3.63) is 28.3 Å². The number of anilines is 2. The molecule has 1 saturated carbocycles. The van der Waals surface area contributed by atoms with Crippen LogP contribution in [0.1, 0.15) is 25.7 Å². The number of ether oxygens (including phenoxy) is 1. The first-order valence-corrected chi connectivity index (χ1v) is 7.09. The van der Waals surface area contributed by atoms with E-state index in [2.05, 4.69) is 4.90 Å². The van der Waals surface area contributed by atoms with Crippen molar-refractivity contribution < 1.29 is 9.66 Å². The maximum Gasteiger partial charge on any atom is 0.315 e. The van der Waals surface area contributed by atoms with Gasteiger partial charge in [0.25, 0.3) is 0 Å². The molecule has 0 bridgehead atoms. The van der Waals surface area contributed by atoms with Crippen molar-refractivity contribution in [1.29, 1.82) is 0 Å². The van der Waals surface area contributed by atoms with Crippen molar-refractivity contribution >= 4 is 17.1 Å². The van der Waals surface area contributed by atoms with Gasteiger partial charge >= 0.3 is 5.69 Å². The molecule has 1 heterocycles. The summed E-state index contributed by atoms with van der Waals surface area (Å²) in [6.45, 7) is 1.30. The summed E-state index contributed by atoms with van der Waals surface area (Å²) in [4.78, 5) is 13.1. The first-order chi connectivity index (χ1) is 9.68. The molecule has 6 nitrogen and oxygen atoms in total. The van der Waals surface area contributed by atoms with Crippen molar-refractivity contribution in [1.82, 2.24) is 0 Å². The third-order valence-corrected chi connectivity index (χ3v) is 4.27. The highest BCUT2D eigenvalue weighted by molar-refractivity contribution is 5.75. The zero-order chi connectivity index (χ0) is 14.1. The number of nitrogen functional groups attached to an aromatic ring is 1. The van der Waals surface area contributed by atoms with Gasteiger partial charge in [-0.1, -0.05) is 18.9 Å². The lowest BCUT2D eigenvalue weighted by atomic mass is 9.89. The van der Waals surface area contributed by atoms with Crippen molar-refractivity contribution in [3.63, 3.8) is 0 Å². The Balaban J connectivity index is 1.99. The third kappa shape index (κ3) is 2.20. The van der Waals surface area contributed by atoms with Crippen LogP contribution in [0.3, 0.4) is 0 Å². The Bertz CT molecular complexity index is 518. The fourth-order valence-electron chi connectivity index (χ4n) is 3.37. The quantitative estimate of drug-likeness (QED) is 0.509. The van der Waals surface area contributed by atoms with Crippen LogP contribution in [0, 0.1) is 10.1 Å². The Kier molecular flexibility index (Phi) is 3.48. The molecule has 1 saturated heterocycles. The Morgan fingerprint density at radius 2 is 2.15 bits per heavy atom. The molecule has 2 N–H and O–H groups in total. The molecule has 1 aliphatic carbocycles. The van der Waals surface area contributed by atoms with E-state index in [1.54, 1.807) is 18.2 Å². The summed E-state index contributed by atoms with van der Waals surface area (Å²) >= 11 is 0. The summed E-state index contributed by atoms with van der Waals surface area (Å²) in [7, 11) is 0. The monoisotopic (exact) mass is 277 g/mol. The molecule has 2 fully saturated rings. The van der Waals surface area contributed by atoms with E-state index < -0.39 is 0 Å². The molecule has 1 aromatic carbocycles. The molecule has 6 heteroatoms. The first kappa shape index (κ1) is 13.2. The highest BCUT2D eigenvalue weighted by Gasteiger charge is 2.37. The van der Waals surface area contributed by atoms with Crippen LogP contribution in [0.4, 0.5) is 17.1 Å². The van der Waals surface area contributed by atoms with Gasteiger partial charge in [0.15, 0.2) is 0 Å². The Hall–Kier alpha value is -1.82. The molecule has 2 unspecified atom stereocenters. The second-order valence-corrected chi connectivity index (χ2v) is 5.43. The topological polar surface area (TPSA) is 81.6 Å². The second-order valence-electron chi connectivity index (χ2n) is 5.43. The molecule has 0 radical (unpaired) electrons. The van der Waals surface area contributed by atoms with Gasteiger partial charge in [-0.2, -0.15) is 0 Å². The Morgan fingerprint density at radius 3 is 2.95 bits per heavy atom. The predicted octanol–water partition coefficient (Wildman–Crippen LogP) is 2.32. The summed E-state index contributed by atoms with van der Waals surface area (Å²) in [6, 6.07) is 5.40. The number of nitrogens with two attached hydrogens (primary N) is 1. The third-order valence-electron chi connectivity index (χ3n) is 4.27. The Labute approximate surface area is 117 Å². The molecule has 3 rings (SSSR count). The van der Waals surface area contributed by atoms with E-state index in [9.17, 15) is 10.1 Å². The number of benzene rings is 1. The maximum atomic E-state index is 11.3. The minimum Gasteiger partial charge on any atom is -0.393 e. The van der Waals surface area contributed by atoms with Crippen LogP contribution in [0.25, 0.3) is 0 Å². The van der Waals surface area contributed by atoms with E-state index in [-0.39, 0.29) is 28.4 Å². The number of hydrogen-bond acceptors (Lipinski definition) is 5. The molecule has 20 heavy (non-hydrogen) atoms. The molecular formula is C14H19N3O3. The van der Waals surface area contributed by atoms with Crippen LogP contribution in [-0.2, 0) is 4.74 Å². The van der Waals surface area contributed by atoms with E-state index in [0.717, 1.165) is 19.3 Å². The molecule has 2 atom stereocenters. The zero-order valence-electron chi connectivity index (χ0n) is 11.3. The van der Waals surface area contributed by atoms with Gasteiger partial charge < -0.3 is 15.4 Å². The summed E-state index contributed by atoms with van der Waals surface area (Å²) in [6.07, 6.45) is 4.58. The Morgan fingerprint density at radius 1 is 1.35 bits per heavy atom. The van der Waals surface area contributed by atoms with E-state index in [0.29, 0.717) is 18.8 Å². The van der Waals surface area contributed by atoms with Gasteiger partial charge in [0.05, 0.1) is 23.7 Å². The summed E-state index contributed by atoms with van der Waals surface area (Å²) in [5.41, 5.74) is 6.69. The van der Waals surface area contributed by atoms with Crippen LogP contribution in [-0.4, -0.2) is 30.2 Å². The van der Waals surface area contributed by atoms with Gasteiger partial charge in [0.1, 0.15) is 11.4 Å². The molecule has 108 valence electrons. The van der Waals surface area contributed by atoms with Gasteiger partial charge in [-0.3, -0.25) is 10.1 Å². The highest BCUT2D eigenvalue weighted by Crippen LogP contribution is 2.39. The fraction of sp³-hybridized carbons (Fsp3) is 0.571. The molecule has 1 aromatic rings. The SMILES string of the molecule is Nc1cccc(N2CCOC3CCCCC32)c1[N+](=O)[O-]. The average Bonchev–Trinajstić information content (AvgIpc) is 2.46. The van der Waals surface area contributed by atoms with E-state index in [1.165, 1.54) is 6.42 Å². The number of fused-ring (bicyclic) bond motifs is 1. The fourth-order valence-corrected chi connectivity index (χ4v) is 3.37. The number of morpholine rings is 1. The highest BCUT2D eigenvalue weighted by atomic mass is 16.6. The minimum atomic E-state index is -0.377. The molecule has 2 aliphatic rings. The van der Waals surface area contributed by atoms with Gasteiger partial charge in [0.2, 0.25) is 0 Å². The van der Waals surface area contributed by atoms with Gasteiger partial charge in [-0.15, -0.1) is 0 Å². The minimum absolute atomic E-state index is 0.0266. The van der Waals surface area contributed by atoms with E-state index in [4.69, 9.17) is 10.5 Å². The smallest absolute Gasteiger partial charge is 0.315 e. The van der Waals surface area contributed by atoms with E-state index >= 15 is 0 Å². The number of nitrogens with zero attached hydrogens (tertiary/aromatic N) is 2. The van der Waals surface area contributed by atoms with Crippen LogP contribution in [0.5, 0.6) is 0 Å². The normalized spacial score (nSPS) is 26.1. The molecular weight excluding hydrogens is 258 g/mol. The average molecular weight is 277 g/mol. The van der Waals surface area contributed by atoms with Crippen LogP contribution in [0.2, 0.25) is 0 Å². The molecule has 0 spiro atoms. The van der Waals surface area contributed by atoms with Crippen LogP contribution < -0.4 is 10.6 Å². The van der Waals surface area contributed by atoms with Crippen molar-refractivity contribution in [2.45, 2.75) is 37.8 Å². The van der Waals surface area contributed by atoms with E-state index in [1.807, 2.05) is 0 Å². The zero-order valence-corrected chi connectivity index (χ0v) is 11.3. The number of nitro groups is 1. The molecule has 0 amide bonds. The number of para-hydroxylation sites is 1. The molecule has 1 aliphatic heterocycles. The van der Waals surface area contributed by atoms with Crippen molar-refractivity contribution in [3.8, 4) is 0 Å². The number of rotatable bonds is 2. The standard InChI is InChI=1S/C14H19N3O3/c15-10-4-3-6-12(14(10)17(18)19)16-8-9-20-13-7-2-1-5-11(13)16/h3-4,6,11,13H,1-2,5,7-9,15H2. The number of nitro benzene ring substituents is 1. The van der Waals surface area contributed by atoms with Crippen LogP contribution >= 0.6 is 0 Å². The second kappa shape index (κ2) is 5.28. The largest absolute Gasteiger partial charge is 0.393 e.